The molecule has 4 rings (SSSR count). The summed E-state index contributed by atoms with van der Waals surface area (Å²) in [7, 11) is 0. The van der Waals surface area contributed by atoms with E-state index in [0.29, 0.717) is 18.5 Å². The third-order valence-electron chi connectivity index (χ3n) is 3.84. The van der Waals surface area contributed by atoms with E-state index in [1.54, 1.807) is 6.20 Å². The third kappa shape index (κ3) is 2.46. The number of aromatic nitrogens is 2. The number of nitrogens with zero attached hydrogens (tertiary/aromatic N) is 2. The molecule has 0 radical (unpaired) electrons. The first-order valence-electron chi connectivity index (χ1n) is 7.76. The fourth-order valence-electron chi connectivity index (χ4n) is 2.73. The molecule has 4 heterocycles. The van der Waals surface area contributed by atoms with E-state index in [4.69, 9.17) is 9.15 Å². The van der Waals surface area contributed by atoms with E-state index in [1.807, 2.05) is 31.3 Å². The van der Waals surface area contributed by atoms with Gasteiger partial charge in [-0.25, -0.2) is 9.97 Å². The number of pyridine rings is 2. The normalized spacial score (nSPS) is 16.5. The third-order valence-corrected chi connectivity index (χ3v) is 3.84. The van der Waals surface area contributed by atoms with Crippen LogP contribution in [0.15, 0.2) is 35.0 Å². The Morgan fingerprint density at radius 1 is 1.35 bits per heavy atom. The lowest BCUT2D eigenvalue weighted by Gasteiger charge is -2.24. The van der Waals surface area contributed by atoms with Crippen LogP contribution in [0.4, 0.5) is 11.5 Å². The molecule has 3 aromatic heterocycles. The molecule has 0 aliphatic carbocycles. The van der Waals surface area contributed by atoms with Crippen molar-refractivity contribution in [1.29, 1.82) is 0 Å². The van der Waals surface area contributed by atoms with E-state index >= 15 is 0 Å². The Kier molecular flexibility index (Phi) is 3.29. The zero-order chi connectivity index (χ0) is 15.8. The molecule has 0 amide bonds. The average molecular weight is 310 g/mol. The van der Waals surface area contributed by atoms with Gasteiger partial charge < -0.3 is 19.8 Å². The largest absolute Gasteiger partial charge is 0.477 e. The van der Waals surface area contributed by atoms with Gasteiger partial charge in [0.15, 0.2) is 0 Å². The topological polar surface area (TPSA) is 72.2 Å². The van der Waals surface area contributed by atoms with Gasteiger partial charge in [-0.05, 0) is 26.0 Å². The quantitative estimate of drug-likeness (QED) is 0.771. The molecule has 2 N–H and O–H groups in total. The Morgan fingerprint density at radius 2 is 2.26 bits per heavy atom. The molecule has 0 spiro atoms. The summed E-state index contributed by atoms with van der Waals surface area (Å²) in [6, 6.07) is 6.21. The molecule has 0 aromatic carbocycles. The molecule has 0 saturated heterocycles. The van der Waals surface area contributed by atoms with E-state index in [0.717, 1.165) is 40.3 Å². The Bertz CT molecular complexity index is 859. The molecule has 23 heavy (non-hydrogen) atoms. The number of hydrogen-bond donors (Lipinski definition) is 2. The highest BCUT2D eigenvalue weighted by molar-refractivity contribution is 5.87. The lowest BCUT2D eigenvalue weighted by atomic mass is 10.1. The van der Waals surface area contributed by atoms with Gasteiger partial charge in [0.1, 0.15) is 17.2 Å². The minimum Gasteiger partial charge on any atom is -0.477 e. The fraction of sp³-hybridized carbons (Fsp3) is 0.294. The van der Waals surface area contributed by atoms with Crippen LogP contribution in [0.1, 0.15) is 13.8 Å². The van der Waals surface area contributed by atoms with E-state index in [9.17, 15) is 0 Å². The molecule has 1 unspecified atom stereocenters. The number of anilines is 2. The number of furan rings is 1. The summed E-state index contributed by atoms with van der Waals surface area (Å²) in [4.78, 5) is 8.76. The lowest BCUT2D eigenvalue weighted by Crippen LogP contribution is -2.30. The molecule has 0 fully saturated rings. The minimum atomic E-state index is 0.367. The maximum Gasteiger partial charge on any atom is 0.224 e. The summed E-state index contributed by atoms with van der Waals surface area (Å²) < 4.78 is 11.5. The zero-order valence-corrected chi connectivity index (χ0v) is 13.1. The highest BCUT2D eigenvalue weighted by atomic mass is 16.5. The average Bonchev–Trinajstić information content (AvgIpc) is 3.00. The number of fused-ring (bicyclic) bond motifs is 2. The van der Waals surface area contributed by atoms with Crippen molar-refractivity contribution < 1.29 is 9.15 Å². The smallest absolute Gasteiger partial charge is 0.224 e. The highest BCUT2D eigenvalue weighted by Crippen LogP contribution is 2.34. The summed E-state index contributed by atoms with van der Waals surface area (Å²) in [5.41, 5.74) is 2.67. The SMILES string of the molecule is CCOc1nccc2oc(-c3cnc4c(c3)NCC(C)N4)cc12. The van der Waals surface area contributed by atoms with Crippen molar-refractivity contribution in [1.82, 2.24) is 9.97 Å². The van der Waals surface area contributed by atoms with Crippen molar-refractivity contribution in [2.24, 2.45) is 0 Å². The molecule has 1 aliphatic heterocycles. The van der Waals surface area contributed by atoms with Gasteiger partial charge in [0.2, 0.25) is 5.88 Å². The van der Waals surface area contributed by atoms with Crippen molar-refractivity contribution in [2.45, 2.75) is 19.9 Å². The first-order chi connectivity index (χ1) is 11.2. The Labute approximate surface area is 133 Å². The number of nitrogens with one attached hydrogen (secondary N) is 2. The second-order valence-electron chi connectivity index (χ2n) is 5.62. The summed E-state index contributed by atoms with van der Waals surface area (Å²) in [5.74, 6) is 2.23. The van der Waals surface area contributed by atoms with Gasteiger partial charge in [-0.1, -0.05) is 0 Å². The molecule has 118 valence electrons. The Morgan fingerprint density at radius 3 is 3.13 bits per heavy atom. The number of rotatable bonds is 3. The number of ether oxygens (including phenoxy) is 1. The second-order valence-corrected chi connectivity index (χ2v) is 5.62. The van der Waals surface area contributed by atoms with Crippen molar-refractivity contribution in [3.05, 3.63) is 30.6 Å². The van der Waals surface area contributed by atoms with Gasteiger partial charge in [-0.15, -0.1) is 0 Å². The summed E-state index contributed by atoms with van der Waals surface area (Å²) >= 11 is 0. The van der Waals surface area contributed by atoms with Gasteiger partial charge in [0.25, 0.3) is 0 Å². The van der Waals surface area contributed by atoms with Gasteiger partial charge in [0.05, 0.1) is 17.7 Å². The summed E-state index contributed by atoms with van der Waals surface area (Å²) in [6.45, 7) is 5.50. The predicted molar refractivity (Wildman–Crippen MR) is 90.0 cm³/mol. The molecule has 1 atom stereocenters. The van der Waals surface area contributed by atoms with Gasteiger partial charge in [-0.3, -0.25) is 0 Å². The van der Waals surface area contributed by atoms with Crippen molar-refractivity contribution in [3.8, 4) is 17.2 Å². The molecule has 3 aromatic rings. The maximum absolute atomic E-state index is 5.95. The van der Waals surface area contributed by atoms with Crippen LogP contribution in [0, 0.1) is 0 Å². The molecule has 0 bridgehead atoms. The summed E-state index contributed by atoms with van der Waals surface area (Å²) in [6.07, 6.45) is 3.51. The highest BCUT2D eigenvalue weighted by Gasteiger charge is 2.17. The monoisotopic (exact) mass is 310 g/mol. The van der Waals surface area contributed by atoms with E-state index in [-0.39, 0.29) is 0 Å². The zero-order valence-electron chi connectivity index (χ0n) is 13.1. The van der Waals surface area contributed by atoms with Gasteiger partial charge >= 0.3 is 0 Å². The standard InChI is InChI=1S/C17H18N4O2/c1-3-22-17-12-7-15(23-14(12)4-5-18-17)11-6-13-16(20-9-11)21-10(2)8-19-13/h4-7,9-10,19H,3,8H2,1-2H3,(H,20,21). The van der Waals surface area contributed by atoms with Crippen molar-refractivity contribution in [3.63, 3.8) is 0 Å². The predicted octanol–water partition coefficient (Wildman–Crippen LogP) is 3.51. The Balaban J connectivity index is 1.76. The minimum absolute atomic E-state index is 0.367. The van der Waals surface area contributed by atoms with E-state index < -0.39 is 0 Å². The first-order valence-corrected chi connectivity index (χ1v) is 7.76. The van der Waals surface area contributed by atoms with Crippen LogP contribution in [0.25, 0.3) is 22.3 Å². The van der Waals surface area contributed by atoms with Crippen molar-refractivity contribution in [2.75, 3.05) is 23.8 Å². The molecular weight excluding hydrogens is 292 g/mol. The van der Waals surface area contributed by atoms with Crippen LogP contribution in [0.5, 0.6) is 5.88 Å². The first kappa shape index (κ1) is 13.9. The van der Waals surface area contributed by atoms with Crippen LogP contribution in [-0.2, 0) is 0 Å². The molecule has 1 aliphatic rings. The van der Waals surface area contributed by atoms with E-state index in [2.05, 4.69) is 27.5 Å². The van der Waals surface area contributed by atoms with E-state index in [1.165, 1.54) is 0 Å². The molecule has 6 nitrogen and oxygen atoms in total. The van der Waals surface area contributed by atoms with Crippen LogP contribution >= 0.6 is 0 Å². The van der Waals surface area contributed by atoms with Crippen LogP contribution in [-0.4, -0.2) is 29.2 Å². The van der Waals surface area contributed by atoms with Crippen LogP contribution in [0.3, 0.4) is 0 Å². The summed E-state index contributed by atoms with van der Waals surface area (Å²) in [5, 5.41) is 7.62. The van der Waals surface area contributed by atoms with Gasteiger partial charge in [0, 0.05) is 36.6 Å². The fourth-order valence-corrected chi connectivity index (χ4v) is 2.73. The van der Waals surface area contributed by atoms with Gasteiger partial charge in [-0.2, -0.15) is 0 Å². The number of hydrogen-bond acceptors (Lipinski definition) is 6. The molecule has 6 heteroatoms. The second kappa shape index (κ2) is 5.46. The maximum atomic E-state index is 5.95. The van der Waals surface area contributed by atoms with Crippen molar-refractivity contribution >= 4 is 22.5 Å². The Hall–Kier alpha value is -2.76. The van der Waals surface area contributed by atoms with Crippen LogP contribution in [0.2, 0.25) is 0 Å². The van der Waals surface area contributed by atoms with Crippen LogP contribution < -0.4 is 15.4 Å². The molecule has 0 saturated carbocycles. The molecular formula is C17H18N4O2. The lowest BCUT2D eigenvalue weighted by molar-refractivity contribution is 0.331.